The first-order valence-corrected chi connectivity index (χ1v) is 12.2. The minimum absolute atomic E-state index is 0.119. The lowest BCUT2D eigenvalue weighted by molar-refractivity contribution is -0.120. The molecule has 158 valence electrons. The van der Waals surface area contributed by atoms with Crippen molar-refractivity contribution in [2.24, 2.45) is 5.92 Å². The first-order valence-electron chi connectivity index (χ1n) is 9.55. The number of thiazole rings is 1. The lowest BCUT2D eigenvalue weighted by Gasteiger charge is -2.29. The monoisotopic (exact) mass is 440 g/mol. The number of nitrogens with one attached hydrogen (secondary N) is 1. The molecule has 1 N–H and O–H groups in total. The summed E-state index contributed by atoms with van der Waals surface area (Å²) in [4.78, 5) is 19.6. The molecule has 2 fully saturated rings. The Morgan fingerprint density at radius 1 is 1.24 bits per heavy atom. The van der Waals surface area contributed by atoms with Crippen LogP contribution in [0, 0.1) is 5.92 Å². The van der Waals surface area contributed by atoms with Crippen LogP contribution < -0.4 is 10.2 Å². The van der Waals surface area contributed by atoms with E-state index in [1.165, 1.54) is 21.9 Å². The first kappa shape index (κ1) is 20.3. The molecule has 0 saturated carbocycles. The van der Waals surface area contributed by atoms with Gasteiger partial charge in [0.2, 0.25) is 15.9 Å². The molecule has 4 rings (SSSR count). The molecule has 1 amide bonds. The lowest BCUT2D eigenvalue weighted by Crippen LogP contribution is -2.40. The van der Waals surface area contributed by atoms with Crippen molar-refractivity contribution in [1.82, 2.24) is 9.29 Å². The fourth-order valence-electron chi connectivity index (χ4n) is 3.58. The van der Waals surface area contributed by atoms with E-state index in [0.717, 1.165) is 18.1 Å². The number of hydrogen-bond acceptors (Lipinski definition) is 8. The van der Waals surface area contributed by atoms with Crippen LogP contribution in [0.4, 0.5) is 10.1 Å². The van der Waals surface area contributed by atoms with Crippen LogP contribution >= 0.6 is 11.3 Å². The second-order valence-electron chi connectivity index (χ2n) is 7.18. The van der Waals surface area contributed by atoms with Crippen LogP contribution in [0.15, 0.2) is 22.8 Å². The molecule has 0 aromatic carbocycles. The number of hydrogen-bond donors (Lipinski definition) is 1. The molecule has 29 heavy (non-hydrogen) atoms. The molecule has 9 nitrogen and oxygen atoms in total. The zero-order chi connectivity index (χ0) is 20.4. The van der Waals surface area contributed by atoms with Crippen LogP contribution in [0.2, 0.25) is 0 Å². The van der Waals surface area contributed by atoms with Gasteiger partial charge in [0, 0.05) is 32.1 Å². The van der Waals surface area contributed by atoms with Gasteiger partial charge >= 0.3 is 0 Å². The Balaban J connectivity index is 1.48. The Hall–Kier alpha value is -1.95. The van der Waals surface area contributed by atoms with Crippen molar-refractivity contribution in [3.05, 3.63) is 18.4 Å². The standard InChI is InChI=1S/C18H24N4O5S2/c1-29(24,25)22-6-4-13(5-7-22)16(23)20-18-19-15(14-3-2-10-27-14)17(28-18)21-8-11-26-12-9-21/h2-3,10,13H,4-9,11-12H2,1H3,(H,19,20,23). The topological polar surface area (TPSA) is 105 Å². The van der Waals surface area contributed by atoms with E-state index in [-0.39, 0.29) is 11.8 Å². The van der Waals surface area contributed by atoms with E-state index in [4.69, 9.17) is 9.15 Å². The number of piperidine rings is 1. The van der Waals surface area contributed by atoms with Crippen LogP contribution in [-0.2, 0) is 19.6 Å². The average molecular weight is 441 g/mol. The molecule has 2 aliphatic heterocycles. The second kappa shape index (κ2) is 8.42. The summed E-state index contributed by atoms with van der Waals surface area (Å²) in [5.74, 6) is 0.312. The Bertz CT molecular complexity index is 943. The van der Waals surface area contributed by atoms with Crippen LogP contribution in [0.1, 0.15) is 12.8 Å². The van der Waals surface area contributed by atoms with Crippen LogP contribution in [0.25, 0.3) is 11.5 Å². The second-order valence-corrected chi connectivity index (χ2v) is 10.1. The number of amides is 1. The van der Waals surface area contributed by atoms with E-state index >= 15 is 0 Å². The molecule has 0 atom stereocenters. The fraction of sp³-hybridized carbons (Fsp3) is 0.556. The zero-order valence-electron chi connectivity index (χ0n) is 16.2. The molecule has 4 heterocycles. The largest absolute Gasteiger partial charge is 0.463 e. The molecule has 0 unspecified atom stereocenters. The number of nitrogens with zero attached hydrogens (tertiary/aromatic N) is 3. The number of furan rings is 1. The third-order valence-corrected chi connectivity index (χ3v) is 7.52. The Morgan fingerprint density at radius 2 is 1.97 bits per heavy atom. The van der Waals surface area contributed by atoms with Gasteiger partial charge in [0.1, 0.15) is 10.7 Å². The van der Waals surface area contributed by atoms with Crippen molar-refractivity contribution < 1.29 is 22.4 Å². The molecule has 0 bridgehead atoms. The first-order chi connectivity index (χ1) is 13.9. The van der Waals surface area contributed by atoms with Crippen LogP contribution in [0.3, 0.4) is 0 Å². The predicted molar refractivity (Wildman–Crippen MR) is 111 cm³/mol. The third kappa shape index (κ3) is 4.63. The minimum atomic E-state index is -3.21. The van der Waals surface area contributed by atoms with Crippen molar-refractivity contribution >= 4 is 37.4 Å². The van der Waals surface area contributed by atoms with Crippen molar-refractivity contribution in [1.29, 1.82) is 0 Å². The fourth-order valence-corrected chi connectivity index (χ4v) is 5.48. The summed E-state index contributed by atoms with van der Waals surface area (Å²) in [6, 6.07) is 3.66. The quantitative estimate of drug-likeness (QED) is 0.756. The van der Waals surface area contributed by atoms with E-state index in [9.17, 15) is 13.2 Å². The molecule has 2 saturated heterocycles. The summed E-state index contributed by atoms with van der Waals surface area (Å²) in [6.45, 7) is 3.55. The Labute approximate surface area is 173 Å². The normalized spacial score (nSPS) is 19.4. The maximum absolute atomic E-state index is 12.7. The number of carbonyl (C=O) groups excluding carboxylic acids is 1. The van der Waals surface area contributed by atoms with Gasteiger partial charge in [-0.15, -0.1) is 0 Å². The maximum atomic E-state index is 12.7. The summed E-state index contributed by atoms with van der Waals surface area (Å²) in [7, 11) is -3.21. The molecular weight excluding hydrogens is 416 g/mol. The summed E-state index contributed by atoms with van der Waals surface area (Å²) in [6.07, 6.45) is 3.81. The van der Waals surface area contributed by atoms with Crippen molar-refractivity contribution in [3.63, 3.8) is 0 Å². The Morgan fingerprint density at radius 3 is 2.59 bits per heavy atom. The number of rotatable bonds is 5. The maximum Gasteiger partial charge on any atom is 0.229 e. The van der Waals surface area contributed by atoms with E-state index in [1.54, 1.807) is 6.26 Å². The third-order valence-electron chi connectivity index (χ3n) is 5.19. The summed E-state index contributed by atoms with van der Waals surface area (Å²) in [5.41, 5.74) is 0.712. The van der Waals surface area contributed by atoms with E-state index in [0.29, 0.717) is 55.7 Å². The van der Waals surface area contributed by atoms with Gasteiger partial charge in [0.15, 0.2) is 10.9 Å². The highest BCUT2D eigenvalue weighted by atomic mass is 32.2. The number of morpholine rings is 1. The summed E-state index contributed by atoms with van der Waals surface area (Å²) >= 11 is 1.42. The zero-order valence-corrected chi connectivity index (χ0v) is 17.8. The van der Waals surface area contributed by atoms with Crippen LogP contribution in [-0.4, -0.2) is 69.3 Å². The van der Waals surface area contributed by atoms with E-state index in [2.05, 4.69) is 15.2 Å². The van der Waals surface area contributed by atoms with Crippen molar-refractivity contribution in [2.75, 3.05) is 55.9 Å². The number of aromatic nitrogens is 1. The van der Waals surface area contributed by atoms with Gasteiger partial charge in [-0.05, 0) is 25.0 Å². The number of sulfonamides is 1. The Kier molecular flexibility index (Phi) is 5.91. The van der Waals surface area contributed by atoms with Crippen LogP contribution in [0.5, 0.6) is 0 Å². The number of ether oxygens (including phenoxy) is 1. The highest BCUT2D eigenvalue weighted by molar-refractivity contribution is 7.88. The van der Waals surface area contributed by atoms with Gasteiger partial charge in [-0.1, -0.05) is 11.3 Å². The van der Waals surface area contributed by atoms with Gasteiger partial charge in [-0.2, -0.15) is 0 Å². The van der Waals surface area contributed by atoms with E-state index in [1.807, 2.05) is 12.1 Å². The molecule has 0 spiro atoms. The lowest BCUT2D eigenvalue weighted by atomic mass is 9.97. The molecule has 0 aliphatic carbocycles. The van der Waals surface area contributed by atoms with Gasteiger partial charge in [0.25, 0.3) is 0 Å². The number of carbonyl (C=O) groups is 1. The highest BCUT2D eigenvalue weighted by Gasteiger charge is 2.30. The summed E-state index contributed by atoms with van der Waals surface area (Å²) < 4.78 is 35.7. The average Bonchev–Trinajstić information content (AvgIpc) is 3.38. The highest BCUT2D eigenvalue weighted by Crippen LogP contribution is 2.39. The molecule has 2 aromatic heterocycles. The van der Waals surface area contributed by atoms with Gasteiger partial charge in [0.05, 0.1) is 25.7 Å². The van der Waals surface area contributed by atoms with Gasteiger partial charge in [-0.25, -0.2) is 17.7 Å². The van der Waals surface area contributed by atoms with Gasteiger partial charge in [-0.3, -0.25) is 4.79 Å². The molecule has 11 heteroatoms. The smallest absolute Gasteiger partial charge is 0.229 e. The molecule has 0 radical (unpaired) electrons. The summed E-state index contributed by atoms with van der Waals surface area (Å²) in [5, 5.41) is 4.40. The van der Waals surface area contributed by atoms with E-state index < -0.39 is 10.0 Å². The molecular formula is C18H24N4O5S2. The van der Waals surface area contributed by atoms with Crippen molar-refractivity contribution in [3.8, 4) is 11.5 Å². The van der Waals surface area contributed by atoms with Crippen molar-refractivity contribution in [2.45, 2.75) is 12.8 Å². The number of anilines is 2. The SMILES string of the molecule is CS(=O)(=O)N1CCC(C(=O)Nc2nc(-c3ccco3)c(N3CCOCC3)s2)CC1. The minimum Gasteiger partial charge on any atom is -0.463 e. The molecule has 2 aliphatic rings. The molecule has 2 aromatic rings. The van der Waals surface area contributed by atoms with Gasteiger partial charge < -0.3 is 19.4 Å². The predicted octanol–water partition coefficient (Wildman–Crippen LogP) is 1.85.